The maximum Gasteiger partial charge on any atom is 0.264 e. The third kappa shape index (κ3) is 7.49. The van der Waals surface area contributed by atoms with E-state index in [0.29, 0.717) is 22.2 Å². The molecule has 3 aromatic carbocycles. The number of rotatable bonds is 11. The minimum absolute atomic E-state index is 0.0224. The van der Waals surface area contributed by atoms with E-state index in [2.05, 4.69) is 5.32 Å². The molecule has 0 radical (unpaired) electrons. The number of amides is 2. The Hall–Kier alpha value is -3.07. The van der Waals surface area contributed by atoms with Crippen molar-refractivity contribution in [3.8, 4) is 0 Å². The molecule has 0 aliphatic heterocycles. The molecule has 0 fully saturated rings. The van der Waals surface area contributed by atoms with Gasteiger partial charge in [-0.15, -0.1) is 0 Å². The number of nitrogens with zero attached hydrogens (tertiary/aromatic N) is 2. The molecule has 2 amide bonds. The summed E-state index contributed by atoms with van der Waals surface area (Å²) in [4.78, 5) is 28.2. The lowest BCUT2D eigenvalue weighted by Gasteiger charge is -2.32. The highest BCUT2D eigenvalue weighted by Gasteiger charge is 2.32. The van der Waals surface area contributed by atoms with Crippen molar-refractivity contribution >= 4 is 50.7 Å². The molecule has 0 heterocycles. The number of carbonyl (C=O) groups is 2. The lowest BCUT2D eigenvalue weighted by molar-refractivity contribution is -0.139. The van der Waals surface area contributed by atoms with Crippen LogP contribution < -0.4 is 9.62 Å². The van der Waals surface area contributed by atoms with Crippen molar-refractivity contribution in [2.75, 3.05) is 17.4 Å². The number of sulfonamides is 1. The summed E-state index contributed by atoms with van der Waals surface area (Å²) in [5, 5.41) is 3.71. The molecule has 7 nitrogen and oxygen atoms in total. The Bertz CT molecular complexity index is 1350. The Balaban J connectivity index is 2.00. The number of benzene rings is 3. The second-order valence-corrected chi connectivity index (χ2v) is 11.9. The molecule has 0 aliphatic carbocycles. The SMILES string of the molecule is CC(C)CNC(=O)[C@@H](C)N(Cc1ccccc1Cl)C(=O)CN(c1ccc(Cl)cc1)S(=O)(=O)c1ccccc1. The van der Waals surface area contributed by atoms with Gasteiger partial charge < -0.3 is 10.2 Å². The van der Waals surface area contributed by atoms with Gasteiger partial charge >= 0.3 is 0 Å². The van der Waals surface area contributed by atoms with Gasteiger partial charge in [-0.3, -0.25) is 13.9 Å². The molecule has 0 bridgehead atoms. The molecule has 202 valence electrons. The first-order chi connectivity index (χ1) is 18.0. The highest BCUT2D eigenvalue weighted by Crippen LogP contribution is 2.26. The first kappa shape index (κ1) is 29.5. The van der Waals surface area contributed by atoms with Gasteiger partial charge in [0.2, 0.25) is 11.8 Å². The van der Waals surface area contributed by atoms with E-state index in [0.717, 1.165) is 4.31 Å². The molecule has 1 N–H and O–H groups in total. The smallest absolute Gasteiger partial charge is 0.264 e. The second-order valence-electron chi connectivity index (χ2n) is 9.23. The third-order valence-electron chi connectivity index (χ3n) is 5.88. The Morgan fingerprint density at radius 1 is 0.868 bits per heavy atom. The van der Waals surface area contributed by atoms with Crippen LogP contribution >= 0.6 is 23.2 Å². The summed E-state index contributed by atoms with van der Waals surface area (Å²) in [6.07, 6.45) is 0. The Morgan fingerprint density at radius 3 is 2.08 bits per heavy atom. The van der Waals surface area contributed by atoms with Gasteiger partial charge in [0.15, 0.2) is 0 Å². The summed E-state index contributed by atoms with van der Waals surface area (Å²) in [7, 11) is -4.13. The summed E-state index contributed by atoms with van der Waals surface area (Å²) in [6, 6.07) is 20.2. The lowest BCUT2D eigenvalue weighted by atomic mass is 10.1. The van der Waals surface area contributed by atoms with E-state index in [1.54, 1.807) is 61.5 Å². The van der Waals surface area contributed by atoms with Crippen molar-refractivity contribution in [3.05, 3.63) is 94.5 Å². The van der Waals surface area contributed by atoms with Gasteiger partial charge in [0.1, 0.15) is 12.6 Å². The van der Waals surface area contributed by atoms with Gasteiger partial charge in [-0.2, -0.15) is 0 Å². The van der Waals surface area contributed by atoms with Crippen molar-refractivity contribution in [1.29, 1.82) is 0 Å². The molecule has 0 aliphatic rings. The molecule has 3 aromatic rings. The van der Waals surface area contributed by atoms with E-state index in [4.69, 9.17) is 23.2 Å². The molecular weight excluding hydrogens is 545 g/mol. The number of halogens is 2. The predicted molar refractivity (Wildman–Crippen MR) is 152 cm³/mol. The van der Waals surface area contributed by atoms with E-state index < -0.39 is 28.5 Å². The standard InChI is InChI=1S/C28H31Cl2N3O4S/c1-20(2)17-31-28(35)21(3)32(18-22-9-7-8-12-26(22)30)27(34)19-33(24-15-13-23(29)14-16-24)38(36,37)25-10-5-4-6-11-25/h4-16,20-21H,17-19H2,1-3H3,(H,31,35)/t21-/m1/s1. The number of nitrogens with one attached hydrogen (secondary N) is 1. The summed E-state index contributed by atoms with van der Waals surface area (Å²) < 4.78 is 28.4. The van der Waals surface area contributed by atoms with Crippen LogP contribution in [0.3, 0.4) is 0 Å². The number of anilines is 1. The van der Waals surface area contributed by atoms with Crippen LogP contribution in [0.25, 0.3) is 0 Å². The molecule has 0 spiro atoms. The highest BCUT2D eigenvalue weighted by atomic mass is 35.5. The van der Waals surface area contributed by atoms with E-state index in [9.17, 15) is 18.0 Å². The van der Waals surface area contributed by atoms with Crippen LogP contribution in [0.2, 0.25) is 10.0 Å². The Labute approximate surface area is 234 Å². The average molecular weight is 577 g/mol. The zero-order valence-corrected chi connectivity index (χ0v) is 23.8. The minimum atomic E-state index is -4.13. The predicted octanol–water partition coefficient (Wildman–Crippen LogP) is 5.38. The minimum Gasteiger partial charge on any atom is -0.354 e. The van der Waals surface area contributed by atoms with Gasteiger partial charge in [-0.1, -0.05) is 73.4 Å². The summed E-state index contributed by atoms with van der Waals surface area (Å²) in [5.74, 6) is -0.690. The fourth-order valence-electron chi connectivity index (χ4n) is 3.70. The van der Waals surface area contributed by atoms with Crippen LogP contribution in [-0.2, 0) is 26.2 Å². The molecule has 0 saturated carbocycles. The van der Waals surface area contributed by atoms with Crippen LogP contribution in [0, 0.1) is 5.92 Å². The Morgan fingerprint density at radius 2 is 1.47 bits per heavy atom. The van der Waals surface area contributed by atoms with Crippen LogP contribution in [0.1, 0.15) is 26.3 Å². The molecule has 0 unspecified atom stereocenters. The summed E-state index contributed by atoms with van der Waals surface area (Å²) in [5.41, 5.74) is 0.899. The summed E-state index contributed by atoms with van der Waals surface area (Å²) >= 11 is 12.4. The maximum absolute atomic E-state index is 13.8. The maximum atomic E-state index is 13.8. The average Bonchev–Trinajstić information content (AvgIpc) is 2.90. The number of hydrogen-bond donors (Lipinski definition) is 1. The number of carbonyl (C=O) groups excluding carboxylic acids is 2. The van der Waals surface area contributed by atoms with Gasteiger partial charge in [-0.25, -0.2) is 8.42 Å². The van der Waals surface area contributed by atoms with Crippen molar-refractivity contribution in [1.82, 2.24) is 10.2 Å². The third-order valence-corrected chi connectivity index (χ3v) is 8.28. The van der Waals surface area contributed by atoms with E-state index in [1.165, 1.54) is 29.2 Å². The molecule has 10 heteroatoms. The van der Waals surface area contributed by atoms with Crippen molar-refractivity contribution in [3.63, 3.8) is 0 Å². The van der Waals surface area contributed by atoms with Crippen LogP contribution in [-0.4, -0.2) is 44.3 Å². The summed E-state index contributed by atoms with van der Waals surface area (Å²) in [6.45, 7) is 5.48. The molecule has 3 rings (SSSR count). The first-order valence-electron chi connectivity index (χ1n) is 12.1. The van der Waals surface area contributed by atoms with Gasteiger partial charge in [-0.05, 0) is 60.9 Å². The lowest BCUT2D eigenvalue weighted by Crippen LogP contribution is -2.51. The molecule has 0 saturated heterocycles. The monoisotopic (exact) mass is 575 g/mol. The van der Waals surface area contributed by atoms with Crippen LogP contribution in [0.5, 0.6) is 0 Å². The molecule has 0 aromatic heterocycles. The van der Waals surface area contributed by atoms with Crippen molar-refractivity contribution < 1.29 is 18.0 Å². The topological polar surface area (TPSA) is 86.8 Å². The zero-order chi connectivity index (χ0) is 27.9. The number of hydrogen-bond acceptors (Lipinski definition) is 4. The highest BCUT2D eigenvalue weighted by molar-refractivity contribution is 7.92. The molecule has 38 heavy (non-hydrogen) atoms. The second kappa shape index (κ2) is 13.1. The zero-order valence-electron chi connectivity index (χ0n) is 21.5. The largest absolute Gasteiger partial charge is 0.354 e. The van der Waals surface area contributed by atoms with Crippen molar-refractivity contribution in [2.24, 2.45) is 5.92 Å². The van der Waals surface area contributed by atoms with Gasteiger partial charge in [0.25, 0.3) is 10.0 Å². The first-order valence-corrected chi connectivity index (χ1v) is 14.3. The van der Waals surface area contributed by atoms with Crippen molar-refractivity contribution in [2.45, 2.75) is 38.3 Å². The molecular formula is C28H31Cl2N3O4S. The van der Waals surface area contributed by atoms with Gasteiger partial charge in [0, 0.05) is 23.1 Å². The quantitative estimate of drug-likeness (QED) is 0.332. The normalized spacial score (nSPS) is 12.2. The fourth-order valence-corrected chi connectivity index (χ4v) is 5.46. The Kier molecular flexibility index (Phi) is 10.2. The van der Waals surface area contributed by atoms with E-state index in [-0.39, 0.29) is 29.0 Å². The van der Waals surface area contributed by atoms with E-state index >= 15 is 0 Å². The van der Waals surface area contributed by atoms with E-state index in [1.807, 2.05) is 13.8 Å². The van der Waals surface area contributed by atoms with Gasteiger partial charge in [0.05, 0.1) is 10.6 Å². The fraction of sp³-hybridized carbons (Fsp3) is 0.286. The molecule has 1 atom stereocenters. The van der Waals surface area contributed by atoms with Crippen LogP contribution in [0.15, 0.2) is 83.8 Å². The van der Waals surface area contributed by atoms with Crippen LogP contribution in [0.4, 0.5) is 5.69 Å².